The molecule has 0 saturated carbocycles. The standard InChI is InChI=1S/C18H20N4O3/c23-17(16-3-6-20-13-21-16)22-7-15-9-25-12-18(15,10-22)11-24-8-14-1-4-19-5-2-14/h1-6,13,15H,7-12H2/t15-,18-/m1/s1. The second-order valence-electron chi connectivity index (χ2n) is 6.70. The van der Waals surface area contributed by atoms with Crippen molar-refractivity contribution in [1.82, 2.24) is 19.9 Å². The third-order valence-corrected chi connectivity index (χ3v) is 5.02. The fraction of sp³-hybridized carbons (Fsp3) is 0.444. The fourth-order valence-electron chi connectivity index (χ4n) is 3.62. The number of fused-ring (bicyclic) bond motifs is 1. The lowest BCUT2D eigenvalue weighted by Crippen LogP contribution is -2.37. The van der Waals surface area contributed by atoms with Crippen LogP contribution in [0.3, 0.4) is 0 Å². The van der Waals surface area contributed by atoms with E-state index in [2.05, 4.69) is 15.0 Å². The first-order valence-corrected chi connectivity index (χ1v) is 8.36. The summed E-state index contributed by atoms with van der Waals surface area (Å²) in [6.07, 6.45) is 6.51. The van der Waals surface area contributed by atoms with E-state index >= 15 is 0 Å². The maximum atomic E-state index is 12.7. The zero-order chi connectivity index (χ0) is 17.1. The third kappa shape index (κ3) is 3.25. The van der Waals surface area contributed by atoms with Crippen molar-refractivity contribution in [1.29, 1.82) is 0 Å². The van der Waals surface area contributed by atoms with Crippen LogP contribution in [0.2, 0.25) is 0 Å². The van der Waals surface area contributed by atoms with E-state index in [1.807, 2.05) is 17.0 Å². The first kappa shape index (κ1) is 16.1. The molecule has 2 fully saturated rings. The summed E-state index contributed by atoms with van der Waals surface area (Å²) in [4.78, 5) is 26.5. The number of aromatic nitrogens is 3. The van der Waals surface area contributed by atoms with Gasteiger partial charge in [-0.3, -0.25) is 9.78 Å². The Hall–Kier alpha value is -2.38. The average Bonchev–Trinajstić information content (AvgIpc) is 3.20. The number of carbonyl (C=O) groups excluding carboxylic acids is 1. The summed E-state index contributed by atoms with van der Waals surface area (Å²) >= 11 is 0. The summed E-state index contributed by atoms with van der Waals surface area (Å²) in [5, 5.41) is 0. The highest BCUT2D eigenvalue weighted by Gasteiger charge is 2.52. The van der Waals surface area contributed by atoms with Crippen molar-refractivity contribution in [2.45, 2.75) is 6.61 Å². The number of ether oxygens (including phenoxy) is 2. The molecular weight excluding hydrogens is 320 g/mol. The largest absolute Gasteiger partial charge is 0.380 e. The molecule has 2 aliphatic rings. The molecule has 1 amide bonds. The highest BCUT2D eigenvalue weighted by atomic mass is 16.5. The molecule has 0 bridgehead atoms. The van der Waals surface area contributed by atoms with Gasteiger partial charge in [0.25, 0.3) is 5.91 Å². The number of amides is 1. The Morgan fingerprint density at radius 3 is 2.92 bits per heavy atom. The number of hydrogen-bond acceptors (Lipinski definition) is 6. The maximum Gasteiger partial charge on any atom is 0.272 e. The van der Waals surface area contributed by atoms with Gasteiger partial charge in [0.1, 0.15) is 12.0 Å². The molecule has 2 atom stereocenters. The van der Waals surface area contributed by atoms with Crippen LogP contribution in [0, 0.1) is 11.3 Å². The number of carbonyl (C=O) groups is 1. The molecule has 4 heterocycles. The van der Waals surface area contributed by atoms with Crippen molar-refractivity contribution < 1.29 is 14.3 Å². The molecule has 0 radical (unpaired) electrons. The van der Waals surface area contributed by atoms with Gasteiger partial charge in [-0.1, -0.05) is 0 Å². The Kier molecular flexibility index (Phi) is 4.42. The topological polar surface area (TPSA) is 77.4 Å². The summed E-state index contributed by atoms with van der Waals surface area (Å²) in [5.41, 5.74) is 1.40. The normalized spacial score (nSPS) is 25.1. The lowest BCUT2D eigenvalue weighted by molar-refractivity contribution is 0.0185. The number of rotatable bonds is 5. The maximum absolute atomic E-state index is 12.7. The SMILES string of the molecule is O=C(c1ccncn1)N1C[C@@H]2COC[C@]2(COCc2ccncc2)C1. The van der Waals surface area contributed by atoms with Gasteiger partial charge in [-0.15, -0.1) is 0 Å². The molecule has 130 valence electrons. The molecule has 0 aromatic carbocycles. The first-order valence-electron chi connectivity index (χ1n) is 8.36. The molecule has 0 N–H and O–H groups in total. The average molecular weight is 340 g/mol. The lowest BCUT2D eigenvalue weighted by Gasteiger charge is -2.26. The second-order valence-corrected chi connectivity index (χ2v) is 6.70. The van der Waals surface area contributed by atoms with E-state index in [0.29, 0.717) is 51.1 Å². The van der Waals surface area contributed by atoms with Gasteiger partial charge in [0, 0.05) is 43.0 Å². The number of nitrogens with zero attached hydrogens (tertiary/aromatic N) is 4. The van der Waals surface area contributed by atoms with Crippen LogP contribution in [-0.2, 0) is 16.1 Å². The number of hydrogen-bond donors (Lipinski definition) is 0. The molecule has 25 heavy (non-hydrogen) atoms. The van der Waals surface area contributed by atoms with Crippen LogP contribution in [-0.4, -0.2) is 58.7 Å². The summed E-state index contributed by atoms with van der Waals surface area (Å²) in [6.45, 7) is 3.73. The van der Waals surface area contributed by atoms with E-state index in [9.17, 15) is 4.79 Å². The Bertz CT molecular complexity index is 728. The summed E-state index contributed by atoms with van der Waals surface area (Å²) in [6, 6.07) is 5.54. The van der Waals surface area contributed by atoms with Gasteiger partial charge in [-0.25, -0.2) is 9.97 Å². The lowest BCUT2D eigenvalue weighted by atomic mass is 9.82. The highest BCUT2D eigenvalue weighted by molar-refractivity contribution is 5.92. The Labute approximate surface area is 146 Å². The van der Waals surface area contributed by atoms with Crippen molar-refractivity contribution in [2.24, 2.45) is 11.3 Å². The molecule has 2 aromatic rings. The van der Waals surface area contributed by atoms with Gasteiger partial charge in [-0.05, 0) is 23.8 Å². The van der Waals surface area contributed by atoms with E-state index in [-0.39, 0.29) is 11.3 Å². The first-order chi connectivity index (χ1) is 12.3. The Morgan fingerprint density at radius 2 is 2.12 bits per heavy atom. The molecule has 7 heteroatoms. The van der Waals surface area contributed by atoms with Crippen LogP contribution in [0.4, 0.5) is 0 Å². The Balaban J connectivity index is 1.41. The van der Waals surface area contributed by atoms with Crippen LogP contribution in [0.25, 0.3) is 0 Å². The molecule has 0 unspecified atom stereocenters. The predicted molar refractivity (Wildman–Crippen MR) is 88.6 cm³/mol. The molecule has 0 spiro atoms. The van der Waals surface area contributed by atoms with Crippen LogP contribution in [0.1, 0.15) is 16.1 Å². The van der Waals surface area contributed by atoms with Crippen LogP contribution >= 0.6 is 0 Å². The molecule has 2 aromatic heterocycles. The second kappa shape index (κ2) is 6.85. The van der Waals surface area contributed by atoms with E-state index in [4.69, 9.17) is 9.47 Å². The van der Waals surface area contributed by atoms with E-state index < -0.39 is 0 Å². The quantitative estimate of drug-likeness (QED) is 0.813. The van der Waals surface area contributed by atoms with Gasteiger partial charge in [-0.2, -0.15) is 0 Å². The fourth-order valence-corrected chi connectivity index (χ4v) is 3.62. The van der Waals surface area contributed by atoms with Crippen molar-refractivity contribution in [3.05, 3.63) is 54.4 Å². The van der Waals surface area contributed by atoms with E-state index in [1.54, 1.807) is 24.7 Å². The highest BCUT2D eigenvalue weighted by Crippen LogP contribution is 2.42. The molecule has 2 aliphatic heterocycles. The summed E-state index contributed by atoms with van der Waals surface area (Å²) < 4.78 is 11.7. The van der Waals surface area contributed by atoms with Crippen molar-refractivity contribution >= 4 is 5.91 Å². The van der Waals surface area contributed by atoms with Gasteiger partial charge < -0.3 is 14.4 Å². The van der Waals surface area contributed by atoms with Crippen LogP contribution < -0.4 is 0 Å². The van der Waals surface area contributed by atoms with Gasteiger partial charge in [0.2, 0.25) is 0 Å². The summed E-state index contributed by atoms with van der Waals surface area (Å²) in [7, 11) is 0. The van der Waals surface area contributed by atoms with E-state index in [1.165, 1.54) is 6.33 Å². The minimum atomic E-state index is -0.129. The monoisotopic (exact) mass is 340 g/mol. The molecule has 7 nitrogen and oxygen atoms in total. The van der Waals surface area contributed by atoms with Crippen LogP contribution in [0.5, 0.6) is 0 Å². The third-order valence-electron chi connectivity index (χ3n) is 5.02. The molecular formula is C18H20N4O3. The zero-order valence-corrected chi connectivity index (χ0v) is 13.9. The zero-order valence-electron chi connectivity index (χ0n) is 13.9. The van der Waals surface area contributed by atoms with E-state index in [0.717, 1.165) is 5.56 Å². The van der Waals surface area contributed by atoms with Crippen molar-refractivity contribution in [3.63, 3.8) is 0 Å². The predicted octanol–water partition coefficient (Wildman–Crippen LogP) is 1.18. The molecule has 4 rings (SSSR count). The summed E-state index contributed by atoms with van der Waals surface area (Å²) in [5.74, 6) is 0.251. The number of likely N-dealkylation sites (tertiary alicyclic amines) is 1. The number of pyridine rings is 1. The van der Waals surface area contributed by atoms with Gasteiger partial charge in [0.05, 0.1) is 26.4 Å². The van der Waals surface area contributed by atoms with Gasteiger partial charge >= 0.3 is 0 Å². The van der Waals surface area contributed by atoms with Crippen molar-refractivity contribution in [2.75, 3.05) is 32.9 Å². The Morgan fingerprint density at radius 1 is 1.28 bits per heavy atom. The van der Waals surface area contributed by atoms with Crippen molar-refractivity contribution in [3.8, 4) is 0 Å². The van der Waals surface area contributed by atoms with Crippen LogP contribution in [0.15, 0.2) is 43.1 Å². The van der Waals surface area contributed by atoms with Gasteiger partial charge in [0.15, 0.2) is 0 Å². The minimum absolute atomic E-state index is 0.0506. The molecule has 2 saturated heterocycles. The molecule has 0 aliphatic carbocycles. The smallest absolute Gasteiger partial charge is 0.272 e. The minimum Gasteiger partial charge on any atom is -0.380 e.